The molecule has 3 aromatic heterocycles. The molecular formula is C22H16N4O2S2. The van der Waals surface area contributed by atoms with Gasteiger partial charge in [0.1, 0.15) is 10.5 Å². The average molecular weight is 433 g/mol. The van der Waals surface area contributed by atoms with Crippen molar-refractivity contribution in [2.45, 2.75) is 17.8 Å². The van der Waals surface area contributed by atoms with Crippen LogP contribution >= 0.6 is 23.1 Å². The van der Waals surface area contributed by atoms with Gasteiger partial charge in [-0.25, -0.2) is 9.97 Å². The quantitative estimate of drug-likeness (QED) is 0.339. The number of thiophene rings is 1. The van der Waals surface area contributed by atoms with Gasteiger partial charge < -0.3 is 4.98 Å². The highest BCUT2D eigenvalue weighted by Crippen LogP contribution is 2.24. The molecule has 0 radical (unpaired) electrons. The SMILES string of the molecule is Cc1ccc(-n2c(SCc3nc4ccsc4c(=O)[nH]3)nc3ccccc3c2=O)cc1. The van der Waals surface area contributed by atoms with Gasteiger partial charge in [0, 0.05) is 0 Å². The van der Waals surface area contributed by atoms with Crippen LogP contribution in [-0.2, 0) is 5.75 Å². The van der Waals surface area contributed by atoms with Crippen molar-refractivity contribution in [3.63, 3.8) is 0 Å². The van der Waals surface area contributed by atoms with Crippen LogP contribution in [0.3, 0.4) is 0 Å². The predicted molar refractivity (Wildman–Crippen MR) is 122 cm³/mol. The highest BCUT2D eigenvalue weighted by atomic mass is 32.2. The van der Waals surface area contributed by atoms with Gasteiger partial charge in [0.05, 0.1) is 27.9 Å². The molecule has 6 nitrogen and oxygen atoms in total. The van der Waals surface area contributed by atoms with Crippen molar-refractivity contribution >= 4 is 44.2 Å². The summed E-state index contributed by atoms with van der Waals surface area (Å²) in [6.07, 6.45) is 0. The number of nitrogens with one attached hydrogen (secondary N) is 1. The molecule has 0 bridgehead atoms. The van der Waals surface area contributed by atoms with Gasteiger partial charge in [-0.3, -0.25) is 14.2 Å². The van der Waals surface area contributed by atoms with Gasteiger partial charge in [0.2, 0.25) is 0 Å². The number of aromatic nitrogens is 4. The second-order valence-electron chi connectivity index (χ2n) is 6.82. The molecule has 2 aromatic carbocycles. The van der Waals surface area contributed by atoms with Crippen molar-refractivity contribution in [2.24, 2.45) is 0 Å². The highest BCUT2D eigenvalue weighted by molar-refractivity contribution is 7.98. The van der Waals surface area contributed by atoms with Crippen LogP contribution in [0, 0.1) is 6.92 Å². The summed E-state index contributed by atoms with van der Waals surface area (Å²) in [5.74, 6) is 0.936. The monoisotopic (exact) mass is 432 g/mol. The van der Waals surface area contributed by atoms with Crippen LogP contribution < -0.4 is 11.1 Å². The number of hydrogen-bond acceptors (Lipinski definition) is 6. The second-order valence-corrected chi connectivity index (χ2v) is 8.68. The summed E-state index contributed by atoms with van der Waals surface area (Å²) in [4.78, 5) is 37.6. The summed E-state index contributed by atoms with van der Waals surface area (Å²) in [7, 11) is 0. The Hall–Kier alpha value is -3.23. The number of para-hydroxylation sites is 1. The maximum atomic E-state index is 13.3. The van der Waals surface area contributed by atoms with E-state index in [4.69, 9.17) is 4.98 Å². The molecule has 0 aliphatic rings. The van der Waals surface area contributed by atoms with Crippen molar-refractivity contribution in [3.05, 3.63) is 92.1 Å². The van der Waals surface area contributed by atoms with E-state index in [9.17, 15) is 9.59 Å². The van der Waals surface area contributed by atoms with E-state index in [0.717, 1.165) is 11.3 Å². The van der Waals surface area contributed by atoms with Crippen LogP contribution in [0.4, 0.5) is 0 Å². The Kier molecular flexibility index (Phi) is 4.72. The van der Waals surface area contributed by atoms with E-state index in [0.29, 0.717) is 37.9 Å². The number of nitrogens with zero attached hydrogens (tertiary/aromatic N) is 3. The van der Waals surface area contributed by atoms with E-state index in [1.165, 1.54) is 23.1 Å². The smallest absolute Gasteiger partial charge is 0.268 e. The Morgan fingerprint density at radius 1 is 1.00 bits per heavy atom. The van der Waals surface area contributed by atoms with Crippen LogP contribution in [0.25, 0.3) is 26.8 Å². The predicted octanol–water partition coefficient (Wildman–Crippen LogP) is 4.28. The van der Waals surface area contributed by atoms with Crippen molar-refractivity contribution in [2.75, 3.05) is 0 Å². The molecule has 8 heteroatoms. The van der Waals surface area contributed by atoms with E-state index < -0.39 is 0 Å². The molecule has 0 saturated heterocycles. The summed E-state index contributed by atoms with van der Waals surface area (Å²) < 4.78 is 2.23. The number of aryl methyl sites for hydroxylation is 1. The lowest BCUT2D eigenvalue weighted by Gasteiger charge is -2.13. The normalized spacial score (nSPS) is 11.4. The minimum Gasteiger partial charge on any atom is -0.309 e. The molecule has 148 valence electrons. The molecule has 0 spiro atoms. The van der Waals surface area contributed by atoms with Crippen LogP contribution in [-0.4, -0.2) is 19.5 Å². The van der Waals surface area contributed by atoms with Gasteiger partial charge in [-0.15, -0.1) is 11.3 Å². The molecule has 3 heterocycles. The molecule has 30 heavy (non-hydrogen) atoms. The Morgan fingerprint density at radius 2 is 1.80 bits per heavy atom. The van der Waals surface area contributed by atoms with Crippen molar-refractivity contribution in [3.8, 4) is 5.69 Å². The molecule has 0 aliphatic heterocycles. The lowest BCUT2D eigenvalue weighted by atomic mass is 10.2. The first-order valence-electron chi connectivity index (χ1n) is 9.28. The standard InChI is InChI=1S/C22H16N4O2S2/c1-13-6-8-14(9-7-13)26-21(28)15-4-2-3-5-16(15)24-22(26)30-12-18-23-17-10-11-29-19(17)20(27)25-18/h2-11H,12H2,1H3,(H,23,25,27). The first kappa shape index (κ1) is 18.8. The molecule has 0 saturated carbocycles. The summed E-state index contributed by atoms with van der Waals surface area (Å²) >= 11 is 2.74. The van der Waals surface area contributed by atoms with E-state index in [1.807, 2.05) is 60.8 Å². The summed E-state index contributed by atoms with van der Waals surface area (Å²) in [6.45, 7) is 2.00. The third-order valence-electron chi connectivity index (χ3n) is 4.74. The first-order chi connectivity index (χ1) is 14.6. The number of H-pyrrole nitrogens is 1. The summed E-state index contributed by atoms with van der Waals surface area (Å²) in [5, 5.41) is 2.97. The van der Waals surface area contributed by atoms with Crippen molar-refractivity contribution in [1.82, 2.24) is 19.5 Å². The molecule has 5 rings (SSSR count). The minimum atomic E-state index is -0.145. The number of fused-ring (bicyclic) bond motifs is 2. The maximum Gasteiger partial charge on any atom is 0.268 e. The Balaban J connectivity index is 1.61. The van der Waals surface area contributed by atoms with Gasteiger partial charge >= 0.3 is 0 Å². The Labute approximate surface area is 179 Å². The second kappa shape index (κ2) is 7.55. The van der Waals surface area contributed by atoms with E-state index >= 15 is 0 Å². The number of thioether (sulfide) groups is 1. The Bertz CT molecular complexity index is 1500. The first-order valence-corrected chi connectivity index (χ1v) is 11.1. The molecule has 0 amide bonds. The van der Waals surface area contributed by atoms with Crippen LogP contribution in [0.1, 0.15) is 11.4 Å². The largest absolute Gasteiger partial charge is 0.309 e. The van der Waals surface area contributed by atoms with Gasteiger partial charge in [-0.05, 0) is 42.6 Å². The fourth-order valence-electron chi connectivity index (χ4n) is 3.25. The molecule has 0 atom stereocenters. The van der Waals surface area contributed by atoms with Gasteiger partial charge in [-0.1, -0.05) is 41.6 Å². The van der Waals surface area contributed by atoms with Gasteiger partial charge in [-0.2, -0.15) is 0 Å². The minimum absolute atomic E-state index is 0.123. The zero-order valence-corrected chi connectivity index (χ0v) is 17.6. The van der Waals surface area contributed by atoms with Crippen LogP contribution in [0.2, 0.25) is 0 Å². The fraction of sp³-hybridized carbons (Fsp3) is 0.0909. The summed E-state index contributed by atoms with van der Waals surface area (Å²) in [6, 6.07) is 16.9. The molecule has 5 aromatic rings. The molecular weight excluding hydrogens is 416 g/mol. The third-order valence-corrected chi connectivity index (χ3v) is 6.59. The van der Waals surface area contributed by atoms with Gasteiger partial charge in [0.15, 0.2) is 5.16 Å². The van der Waals surface area contributed by atoms with E-state index in [2.05, 4.69) is 9.97 Å². The number of aromatic amines is 1. The average Bonchev–Trinajstić information content (AvgIpc) is 3.23. The molecule has 0 unspecified atom stereocenters. The summed E-state index contributed by atoms with van der Waals surface area (Å²) in [5.41, 5.74) is 2.92. The number of hydrogen-bond donors (Lipinski definition) is 1. The number of rotatable bonds is 4. The molecule has 0 fully saturated rings. The Morgan fingerprint density at radius 3 is 2.63 bits per heavy atom. The lowest BCUT2D eigenvalue weighted by molar-refractivity contribution is 0.818. The van der Waals surface area contributed by atoms with Gasteiger partial charge in [0.25, 0.3) is 11.1 Å². The van der Waals surface area contributed by atoms with E-state index in [-0.39, 0.29) is 11.1 Å². The highest BCUT2D eigenvalue weighted by Gasteiger charge is 2.14. The van der Waals surface area contributed by atoms with Crippen LogP contribution in [0.5, 0.6) is 0 Å². The number of benzene rings is 2. The van der Waals surface area contributed by atoms with E-state index in [1.54, 1.807) is 10.6 Å². The zero-order valence-electron chi connectivity index (χ0n) is 16.0. The molecule has 1 N–H and O–H groups in total. The van der Waals surface area contributed by atoms with Crippen molar-refractivity contribution in [1.29, 1.82) is 0 Å². The maximum absolute atomic E-state index is 13.3. The molecule has 0 aliphatic carbocycles. The lowest BCUT2D eigenvalue weighted by Crippen LogP contribution is -2.22. The zero-order chi connectivity index (χ0) is 20.7. The fourth-order valence-corrected chi connectivity index (χ4v) is 4.86. The topological polar surface area (TPSA) is 80.6 Å². The third kappa shape index (κ3) is 3.34. The van der Waals surface area contributed by atoms with Crippen LogP contribution in [0.15, 0.2) is 74.7 Å². The van der Waals surface area contributed by atoms with Crippen molar-refractivity contribution < 1.29 is 0 Å².